The van der Waals surface area contributed by atoms with Crippen molar-refractivity contribution in [1.82, 2.24) is 0 Å². The van der Waals surface area contributed by atoms with E-state index in [1.807, 2.05) is 0 Å². The SMILES string of the molecule is C=C.OCCCCCCO. The summed E-state index contributed by atoms with van der Waals surface area (Å²) < 4.78 is 0. The fraction of sp³-hybridized carbons (Fsp3) is 0.750. The van der Waals surface area contributed by atoms with Gasteiger partial charge >= 0.3 is 0 Å². The third kappa shape index (κ3) is 15.6. The molecule has 2 N–H and O–H groups in total. The minimum atomic E-state index is 0.283. The Morgan fingerprint density at radius 1 is 0.700 bits per heavy atom. The number of aliphatic hydroxyl groups is 2. The van der Waals surface area contributed by atoms with Crippen LogP contribution in [0, 0.1) is 0 Å². The average Bonchev–Trinajstić information content (AvgIpc) is 2.02. The molecule has 0 fully saturated rings. The van der Waals surface area contributed by atoms with Crippen molar-refractivity contribution in [3.05, 3.63) is 13.2 Å². The molecule has 0 atom stereocenters. The van der Waals surface area contributed by atoms with Crippen LogP contribution in [0.15, 0.2) is 13.2 Å². The first kappa shape index (κ1) is 12.3. The van der Waals surface area contributed by atoms with Crippen LogP contribution in [0.25, 0.3) is 0 Å². The summed E-state index contributed by atoms with van der Waals surface area (Å²) in [5.74, 6) is 0. The molecule has 0 saturated carbocycles. The second kappa shape index (κ2) is 15.9. The molecule has 0 spiro atoms. The van der Waals surface area contributed by atoms with Gasteiger partial charge in [0.15, 0.2) is 0 Å². The molecule has 0 rings (SSSR count). The van der Waals surface area contributed by atoms with E-state index in [9.17, 15) is 0 Å². The highest BCUT2D eigenvalue weighted by Gasteiger charge is 1.84. The summed E-state index contributed by atoms with van der Waals surface area (Å²) in [5.41, 5.74) is 0. The van der Waals surface area contributed by atoms with E-state index in [-0.39, 0.29) is 13.2 Å². The zero-order valence-corrected chi connectivity index (χ0v) is 6.55. The monoisotopic (exact) mass is 146 g/mol. The van der Waals surface area contributed by atoms with Gasteiger partial charge in [-0.1, -0.05) is 12.8 Å². The number of unbranched alkanes of at least 4 members (excludes halogenated alkanes) is 3. The van der Waals surface area contributed by atoms with Crippen LogP contribution in [-0.2, 0) is 0 Å². The quantitative estimate of drug-likeness (QED) is 0.454. The van der Waals surface area contributed by atoms with Crippen molar-refractivity contribution in [3.63, 3.8) is 0 Å². The number of hydrogen-bond donors (Lipinski definition) is 2. The highest BCUT2D eigenvalue weighted by molar-refractivity contribution is 4.39. The molecular weight excluding hydrogens is 128 g/mol. The van der Waals surface area contributed by atoms with Crippen LogP contribution in [0.2, 0.25) is 0 Å². The summed E-state index contributed by atoms with van der Waals surface area (Å²) in [7, 11) is 0. The van der Waals surface area contributed by atoms with Crippen molar-refractivity contribution in [1.29, 1.82) is 0 Å². The van der Waals surface area contributed by atoms with E-state index < -0.39 is 0 Å². The van der Waals surface area contributed by atoms with Crippen LogP contribution >= 0.6 is 0 Å². The maximum atomic E-state index is 8.30. The molecule has 0 bridgehead atoms. The topological polar surface area (TPSA) is 40.5 Å². The van der Waals surface area contributed by atoms with E-state index in [1.54, 1.807) is 0 Å². The van der Waals surface area contributed by atoms with Gasteiger partial charge in [0, 0.05) is 13.2 Å². The molecule has 2 nitrogen and oxygen atoms in total. The van der Waals surface area contributed by atoms with Crippen molar-refractivity contribution in [2.75, 3.05) is 13.2 Å². The van der Waals surface area contributed by atoms with E-state index in [0.717, 1.165) is 25.7 Å². The summed E-state index contributed by atoms with van der Waals surface area (Å²) >= 11 is 0. The van der Waals surface area contributed by atoms with Gasteiger partial charge in [-0.25, -0.2) is 0 Å². The van der Waals surface area contributed by atoms with E-state index in [0.29, 0.717) is 0 Å². The van der Waals surface area contributed by atoms with Gasteiger partial charge in [0.1, 0.15) is 0 Å². The lowest BCUT2D eigenvalue weighted by molar-refractivity contribution is 0.265. The third-order valence-corrected chi connectivity index (χ3v) is 1.07. The minimum absolute atomic E-state index is 0.283. The predicted octanol–water partition coefficient (Wildman–Crippen LogP) is 1.33. The number of rotatable bonds is 5. The standard InChI is InChI=1S/C6H14O2.C2H4/c7-5-3-1-2-4-6-8;1-2/h7-8H,1-6H2;1-2H2. The Hall–Kier alpha value is -0.340. The van der Waals surface area contributed by atoms with E-state index in [4.69, 9.17) is 10.2 Å². The van der Waals surface area contributed by atoms with Gasteiger partial charge in [0.05, 0.1) is 0 Å². The lowest BCUT2D eigenvalue weighted by atomic mass is 10.2. The molecule has 0 amide bonds. The van der Waals surface area contributed by atoms with Crippen LogP contribution in [0.4, 0.5) is 0 Å². The Bertz CT molecular complexity index is 40.5. The van der Waals surface area contributed by atoms with Crippen molar-refractivity contribution >= 4 is 0 Å². The molecule has 62 valence electrons. The van der Waals surface area contributed by atoms with Gasteiger partial charge in [-0.3, -0.25) is 0 Å². The Morgan fingerprint density at radius 2 is 1.00 bits per heavy atom. The number of aliphatic hydroxyl groups excluding tert-OH is 2. The van der Waals surface area contributed by atoms with Crippen LogP contribution in [0.5, 0.6) is 0 Å². The average molecular weight is 146 g/mol. The van der Waals surface area contributed by atoms with E-state index in [2.05, 4.69) is 13.2 Å². The maximum absolute atomic E-state index is 8.30. The zero-order valence-electron chi connectivity index (χ0n) is 6.55. The second-order valence-electron chi connectivity index (χ2n) is 1.86. The van der Waals surface area contributed by atoms with Crippen LogP contribution in [0.1, 0.15) is 25.7 Å². The smallest absolute Gasteiger partial charge is 0.0431 e. The second-order valence-corrected chi connectivity index (χ2v) is 1.86. The maximum Gasteiger partial charge on any atom is 0.0431 e. The molecule has 0 aliphatic heterocycles. The summed E-state index contributed by atoms with van der Waals surface area (Å²) in [6.07, 6.45) is 3.83. The summed E-state index contributed by atoms with van der Waals surface area (Å²) in [4.78, 5) is 0. The molecular formula is C8H18O2. The van der Waals surface area contributed by atoms with Crippen LogP contribution in [0.3, 0.4) is 0 Å². The molecule has 0 aliphatic rings. The van der Waals surface area contributed by atoms with E-state index >= 15 is 0 Å². The van der Waals surface area contributed by atoms with Crippen molar-refractivity contribution < 1.29 is 10.2 Å². The molecule has 10 heavy (non-hydrogen) atoms. The fourth-order valence-electron chi connectivity index (χ4n) is 0.577. The van der Waals surface area contributed by atoms with Gasteiger partial charge in [-0.15, -0.1) is 13.2 Å². The molecule has 0 radical (unpaired) electrons. The summed E-state index contributed by atoms with van der Waals surface area (Å²) in [5, 5.41) is 16.6. The summed E-state index contributed by atoms with van der Waals surface area (Å²) in [6, 6.07) is 0. The predicted molar refractivity (Wildman–Crippen MR) is 43.9 cm³/mol. The van der Waals surface area contributed by atoms with Crippen molar-refractivity contribution in [2.45, 2.75) is 25.7 Å². The molecule has 0 aliphatic carbocycles. The zero-order chi connectivity index (χ0) is 8.24. The Morgan fingerprint density at radius 3 is 1.20 bits per heavy atom. The van der Waals surface area contributed by atoms with Crippen molar-refractivity contribution in [3.8, 4) is 0 Å². The summed E-state index contributed by atoms with van der Waals surface area (Å²) in [6.45, 7) is 6.57. The van der Waals surface area contributed by atoms with Gasteiger partial charge in [0.25, 0.3) is 0 Å². The fourth-order valence-corrected chi connectivity index (χ4v) is 0.577. The lowest BCUT2D eigenvalue weighted by Crippen LogP contribution is -1.85. The lowest BCUT2D eigenvalue weighted by Gasteiger charge is -1.93. The molecule has 0 aromatic rings. The molecule has 0 saturated heterocycles. The van der Waals surface area contributed by atoms with Gasteiger partial charge in [-0.2, -0.15) is 0 Å². The Balaban J connectivity index is 0. The van der Waals surface area contributed by atoms with Crippen LogP contribution < -0.4 is 0 Å². The highest BCUT2D eigenvalue weighted by Crippen LogP contribution is 1.96. The van der Waals surface area contributed by atoms with Crippen LogP contribution in [-0.4, -0.2) is 23.4 Å². The Kier molecular flexibility index (Phi) is 19.6. The van der Waals surface area contributed by atoms with E-state index in [1.165, 1.54) is 0 Å². The van der Waals surface area contributed by atoms with Gasteiger partial charge in [0.2, 0.25) is 0 Å². The van der Waals surface area contributed by atoms with Crippen molar-refractivity contribution in [2.24, 2.45) is 0 Å². The molecule has 0 unspecified atom stereocenters. The molecule has 2 heteroatoms. The van der Waals surface area contributed by atoms with Gasteiger partial charge < -0.3 is 10.2 Å². The molecule has 0 aromatic carbocycles. The Labute approximate surface area is 63.2 Å². The molecule has 0 heterocycles. The first-order valence-electron chi connectivity index (χ1n) is 3.63. The largest absolute Gasteiger partial charge is 0.396 e. The normalized spacial score (nSPS) is 8.20. The first-order chi connectivity index (χ1) is 4.91. The highest BCUT2D eigenvalue weighted by atomic mass is 16.3. The third-order valence-electron chi connectivity index (χ3n) is 1.07. The minimum Gasteiger partial charge on any atom is -0.396 e. The first-order valence-corrected chi connectivity index (χ1v) is 3.63. The number of hydrogen-bond acceptors (Lipinski definition) is 2. The van der Waals surface area contributed by atoms with Gasteiger partial charge in [-0.05, 0) is 12.8 Å². The molecule has 0 aromatic heterocycles.